The third-order valence-electron chi connectivity index (χ3n) is 5.45. The molecular formula is C26H25N5O7. The lowest BCUT2D eigenvalue weighted by Gasteiger charge is -2.13. The smallest absolute Gasteiger partial charge is 0.269 e. The van der Waals surface area contributed by atoms with Crippen molar-refractivity contribution in [2.75, 3.05) is 14.2 Å². The zero-order valence-corrected chi connectivity index (χ0v) is 21.0. The van der Waals surface area contributed by atoms with Crippen LogP contribution in [0.4, 0.5) is 5.69 Å². The van der Waals surface area contributed by atoms with Crippen molar-refractivity contribution in [3.8, 4) is 17.6 Å². The van der Waals surface area contributed by atoms with E-state index in [1.165, 1.54) is 37.1 Å². The van der Waals surface area contributed by atoms with E-state index in [1.807, 2.05) is 6.07 Å². The molecule has 0 atom stereocenters. The van der Waals surface area contributed by atoms with Gasteiger partial charge in [0, 0.05) is 36.1 Å². The molecule has 0 bridgehead atoms. The highest BCUT2D eigenvalue weighted by Gasteiger charge is 2.15. The predicted octanol–water partition coefficient (Wildman–Crippen LogP) is 2.82. The summed E-state index contributed by atoms with van der Waals surface area (Å²) in [4.78, 5) is 35.6. The Balaban J connectivity index is 1.73. The van der Waals surface area contributed by atoms with E-state index < -0.39 is 16.4 Å². The third kappa shape index (κ3) is 6.59. The van der Waals surface area contributed by atoms with Crippen molar-refractivity contribution >= 4 is 17.8 Å². The molecule has 0 fully saturated rings. The molecule has 0 spiro atoms. The molecule has 3 rings (SSSR count). The highest BCUT2D eigenvalue weighted by atomic mass is 16.6. The van der Waals surface area contributed by atoms with E-state index in [4.69, 9.17) is 14.2 Å². The molecule has 0 unspecified atom stereocenters. The number of aryl methyl sites for hydroxylation is 1. The molecule has 0 radical (unpaired) electrons. The first-order valence-electron chi connectivity index (χ1n) is 11.3. The van der Waals surface area contributed by atoms with E-state index in [1.54, 1.807) is 43.3 Å². The summed E-state index contributed by atoms with van der Waals surface area (Å²) in [5.41, 5.74) is 3.81. The van der Waals surface area contributed by atoms with Gasteiger partial charge in [-0.15, -0.1) is 0 Å². The summed E-state index contributed by atoms with van der Waals surface area (Å²) in [5.74, 6) is 0.196. The molecule has 1 N–H and O–H groups in total. The molecule has 0 saturated carbocycles. The fourth-order valence-corrected chi connectivity index (χ4v) is 3.59. The number of hydrogen-bond donors (Lipinski definition) is 1. The second kappa shape index (κ2) is 12.8. The van der Waals surface area contributed by atoms with E-state index >= 15 is 0 Å². The van der Waals surface area contributed by atoms with Crippen LogP contribution in [0, 0.1) is 28.4 Å². The largest absolute Gasteiger partial charge is 0.493 e. The summed E-state index contributed by atoms with van der Waals surface area (Å²) in [7, 11) is 2.94. The molecule has 1 heterocycles. The minimum Gasteiger partial charge on any atom is -0.493 e. The normalized spacial score (nSPS) is 10.7. The SMILES string of the molecule is COCc1cc(C)n(CC(=O)N/N=C/c2cccc(OC)c2OCc2ccc([N+](=O)[O-])cc2)c(=O)c1C#N. The Morgan fingerprint density at radius 2 is 1.95 bits per heavy atom. The first-order valence-corrected chi connectivity index (χ1v) is 11.3. The lowest BCUT2D eigenvalue weighted by atomic mass is 10.1. The number of nitrogens with zero attached hydrogens (tertiary/aromatic N) is 4. The Hall–Kier alpha value is -5.02. The number of nitro benzene ring substituents is 1. The van der Waals surface area contributed by atoms with E-state index in [-0.39, 0.29) is 31.0 Å². The average molecular weight is 520 g/mol. The van der Waals surface area contributed by atoms with Gasteiger partial charge in [0.25, 0.3) is 17.2 Å². The van der Waals surface area contributed by atoms with Crippen LogP contribution < -0.4 is 20.5 Å². The summed E-state index contributed by atoms with van der Waals surface area (Å²) in [6.45, 7) is 1.52. The molecular weight excluding hydrogens is 494 g/mol. The van der Waals surface area contributed by atoms with Crippen molar-refractivity contribution in [3.63, 3.8) is 0 Å². The van der Waals surface area contributed by atoms with E-state index in [9.17, 15) is 25.0 Å². The standard InChI is InChI=1S/C26H25N5O7/c1-17-11-20(16-36-2)22(12-27)26(33)30(17)14-24(32)29-28-13-19-5-4-6-23(37-3)25(19)38-15-18-7-9-21(10-8-18)31(34)35/h4-11,13H,14-16H2,1-3H3,(H,29,32)/b28-13+. The Kier molecular flexibility index (Phi) is 9.28. The molecule has 0 aliphatic heterocycles. The molecule has 12 heteroatoms. The Labute approximate surface area is 217 Å². The lowest BCUT2D eigenvalue weighted by Crippen LogP contribution is -2.33. The third-order valence-corrected chi connectivity index (χ3v) is 5.45. The maximum Gasteiger partial charge on any atom is 0.269 e. The number of nitriles is 1. The van der Waals surface area contributed by atoms with Crippen LogP contribution in [-0.2, 0) is 29.3 Å². The van der Waals surface area contributed by atoms with Gasteiger partial charge in [0.1, 0.15) is 24.8 Å². The molecule has 0 aliphatic rings. The molecule has 3 aromatic rings. The van der Waals surface area contributed by atoms with Crippen molar-refractivity contribution in [1.82, 2.24) is 9.99 Å². The maximum absolute atomic E-state index is 12.7. The number of amides is 1. The van der Waals surface area contributed by atoms with Crippen LogP contribution in [0.5, 0.6) is 11.5 Å². The Bertz CT molecular complexity index is 1460. The van der Waals surface area contributed by atoms with Gasteiger partial charge >= 0.3 is 0 Å². The molecule has 0 aliphatic carbocycles. The van der Waals surface area contributed by atoms with Gasteiger partial charge in [0.15, 0.2) is 11.5 Å². The molecule has 38 heavy (non-hydrogen) atoms. The Morgan fingerprint density at radius 1 is 1.21 bits per heavy atom. The maximum atomic E-state index is 12.7. The summed E-state index contributed by atoms with van der Waals surface area (Å²) in [6.07, 6.45) is 1.36. The number of non-ortho nitro benzene ring substituents is 1. The van der Waals surface area contributed by atoms with E-state index in [0.29, 0.717) is 33.9 Å². The van der Waals surface area contributed by atoms with Gasteiger partial charge in [-0.05, 0) is 42.8 Å². The van der Waals surface area contributed by atoms with Gasteiger partial charge in [0.2, 0.25) is 0 Å². The second-order valence-electron chi connectivity index (χ2n) is 8.01. The number of nitro groups is 1. The highest BCUT2D eigenvalue weighted by Crippen LogP contribution is 2.31. The number of methoxy groups -OCH3 is 2. The van der Waals surface area contributed by atoms with Gasteiger partial charge in [0.05, 0.1) is 24.9 Å². The first kappa shape index (κ1) is 27.6. The lowest BCUT2D eigenvalue weighted by molar-refractivity contribution is -0.384. The zero-order valence-electron chi connectivity index (χ0n) is 21.0. The number of hydrazone groups is 1. The monoisotopic (exact) mass is 519 g/mol. The topological polar surface area (TPSA) is 158 Å². The number of hydrogen-bond acceptors (Lipinski definition) is 9. The van der Waals surface area contributed by atoms with Crippen LogP contribution in [0.25, 0.3) is 0 Å². The van der Waals surface area contributed by atoms with Crippen LogP contribution in [0.15, 0.2) is 58.4 Å². The number of ether oxygens (including phenoxy) is 3. The molecule has 12 nitrogen and oxygen atoms in total. The molecule has 1 amide bonds. The van der Waals surface area contributed by atoms with Gasteiger partial charge in [-0.3, -0.25) is 19.7 Å². The number of nitrogens with one attached hydrogen (secondary N) is 1. The molecule has 196 valence electrons. The minimum absolute atomic E-state index is 0.0261. The van der Waals surface area contributed by atoms with Crippen LogP contribution in [0.3, 0.4) is 0 Å². The van der Waals surface area contributed by atoms with Crippen molar-refractivity contribution in [1.29, 1.82) is 5.26 Å². The van der Waals surface area contributed by atoms with Gasteiger partial charge in [-0.1, -0.05) is 6.07 Å². The number of carbonyl (C=O) groups excluding carboxylic acids is 1. The van der Waals surface area contributed by atoms with E-state index in [2.05, 4.69) is 10.5 Å². The van der Waals surface area contributed by atoms with Gasteiger partial charge in [-0.2, -0.15) is 10.4 Å². The highest BCUT2D eigenvalue weighted by molar-refractivity contribution is 5.86. The quantitative estimate of drug-likeness (QED) is 0.230. The Morgan fingerprint density at radius 3 is 2.58 bits per heavy atom. The van der Waals surface area contributed by atoms with Crippen LogP contribution in [0.2, 0.25) is 0 Å². The summed E-state index contributed by atoms with van der Waals surface area (Å²) in [5, 5.41) is 24.2. The van der Waals surface area contributed by atoms with Crippen molar-refractivity contribution < 1.29 is 23.9 Å². The number of pyridine rings is 1. The fourth-order valence-electron chi connectivity index (χ4n) is 3.59. The number of para-hydroxylation sites is 1. The van der Waals surface area contributed by atoms with Crippen LogP contribution in [0.1, 0.15) is 27.9 Å². The van der Waals surface area contributed by atoms with Crippen molar-refractivity contribution in [2.24, 2.45) is 5.10 Å². The number of carbonyl (C=O) groups is 1. The van der Waals surface area contributed by atoms with Crippen molar-refractivity contribution in [3.05, 3.63) is 96.9 Å². The second-order valence-corrected chi connectivity index (χ2v) is 8.01. The number of aromatic nitrogens is 1. The predicted molar refractivity (Wildman–Crippen MR) is 137 cm³/mol. The van der Waals surface area contributed by atoms with Gasteiger partial charge < -0.3 is 18.8 Å². The molecule has 1 aromatic heterocycles. The fraction of sp³-hybridized carbons (Fsp3) is 0.231. The average Bonchev–Trinajstić information content (AvgIpc) is 2.90. The first-order chi connectivity index (χ1) is 18.3. The van der Waals surface area contributed by atoms with Gasteiger partial charge in [-0.25, -0.2) is 5.43 Å². The molecule has 0 saturated heterocycles. The van der Waals surface area contributed by atoms with Crippen molar-refractivity contribution in [2.45, 2.75) is 26.7 Å². The summed E-state index contributed by atoms with van der Waals surface area (Å²) < 4.78 is 17.5. The minimum atomic E-state index is -0.589. The van der Waals surface area contributed by atoms with Crippen LogP contribution in [-0.4, -0.2) is 35.8 Å². The zero-order chi connectivity index (χ0) is 27.7. The van der Waals surface area contributed by atoms with E-state index in [0.717, 1.165) is 0 Å². The van der Waals surface area contributed by atoms with Crippen LogP contribution >= 0.6 is 0 Å². The number of rotatable bonds is 11. The number of benzene rings is 2. The molecule has 2 aromatic carbocycles. The summed E-state index contributed by atoms with van der Waals surface area (Å²) in [6, 6.07) is 14.6. The summed E-state index contributed by atoms with van der Waals surface area (Å²) >= 11 is 0.